The summed E-state index contributed by atoms with van der Waals surface area (Å²) < 4.78 is 11.1. The molecule has 0 bridgehead atoms. The maximum Gasteiger partial charge on any atom is 0.233 e. The van der Waals surface area contributed by atoms with Crippen molar-refractivity contribution in [2.75, 3.05) is 24.6 Å². The Bertz CT molecular complexity index is 224. The molecule has 1 atom stereocenters. The van der Waals surface area contributed by atoms with Crippen molar-refractivity contribution in [2.24, 2.45) is 5.73 Å². The second kappa shape index (κ2) is 7.71. The summed E-state index contributed by atoms with van der Waals surface area (Å²) in [5, 5.41) is 10.4. The van der Waals surface area contributed by atoms with Crippen LogP contribution in [-0.2, 0) is 15.6 Å². The number of hydrogen-bond donors (Lipinski definition) is 2. The zero-order valence-corrected chi connectivity index (χ0v) is 8.10. The number of amides is 1. The maximum absolute atomic E-state index is 11.1. The first-order chi connectivity index (χ1) is 6.20. The number of rotatable bonds is 6. The van der Waals surface area contributed by atoms with Crippen molar-refractivity contribution < 1.29 is 9.00 Å². The smallest absolute Gasteiger partial charge is 0.233 e. The quantitative estimate of drug-likeness (QED) is 0.526. The fourth-order valence-corrected chi connectivity index (χ4v) is 1.68. The lowest BCUT2D eigenvalue weighted by Crippen LogP contribution is -2.29. The number of hydrogen-bond acceptors (Lipinski definition) is 4. The van der Waals surface area contributed by atoms with E-state index in [9.17, 15) is 9.00 Å². The van der Waals surface area contributed by atoms with Crippen LogP contribution in [0.3, 0.4) is 0 Å². The Hall–Kier alpha value is -0.930. The van der Waals surface area contributed by atoms with Crippen molar-refractivity contribution in [1.82, 2.24) is 5.32 Å². The Labute approximate surface area is 79.7 Å². The molecule has 5 nitrogen and oxygen atoms in total. The molecule has 0 saturated heterocycles. The average molecular weight is 203 g/mol. The first-order valence-electron chi connectivity index (χ1n) is 3.89. The van der Waals surface area contributed by atoms with Crippen molar-refractivity contribution in [3.63, 3.8) is 0 Å². The number of nitrogens with two attached hydrogens (primary N) is 1. The molecular formula is C7H13N3O2S. The highest BCUT2D eigenvalue weighted by molar-refractivity contribution is 7.85. The third-order valence-corrected chi connectivity index (χ3v) is 2.56. The van der Waals surface area contributed by atoms with Gasteiger partial charge in [0.15, 0.2) is 0 Å². The van der Waals surface area contributed by atoms with Gasteiger partial charge in [0.05, 0.1) is 6.07 Å². The largest absolute Gasteiger partial charge is 0.342 e. The minimum absolute atomic E-state index is 0.0348. The molecule has 3 N–H and O–H groups in total. The number of nitrogens with zero attached hydrogens (tertiary/aromatic N) is 1. The summed E-state index contributed by atoms with van der Waals surface area (Å²) in [7, 11) is -1.15. The molecule has 0 aliphatic heterocycles. The van der Waals surface area contributed by atoms with Crippen LogP contribution in [0.15, 0.2) is 0 Å². The maximum atomic E-state index is 11.1. The van der Waals surface area contributed by atoms with Crippen molar-refractivity contribution in [3.8, 4) is 6.07 Å². The summed E-state index contributed by atoms with van der Waals surface area (Å²) in [5.74, 6) is 0.0509. The van der Waals surface area contributed by atoms with Gasteiger partial charge in [-0.25, -0.2) is 0 Å². The SMILES string of the molecule is N#CCNC(=O)CS(=O)CCCN. The molecule has 0 fully saturated rings. The van der Waals surface area contributed by atoms with E-state index in [4.69, 9.17) is 11.0 Å². The zero-order chi connectivity index (χ0) is 10.1. The van der Waals surface area contributed by atoms with Crippen LogP contribution in [0.5, 0.6) is 0 Å². The zero-order valence-electron chi connectivity index (χ0n) is 7.28. The molecule has 0 rings (SSSR count). The molecule has 74 valence electrons. The van der Waals surface area contributed by atoms with Crippen LogP contribution in [-0.4, -0.2) is 34.7 Å². The third-order valence-electron chi connectivity index (χ3n) is 1.23. The van der Waals surface area contributed by atoms with E-state index in [0.717, 1.165) is 0 Å². The van der Waals surface area contributed by atoms with Gasteiger partial charge in [-0.3, -0.25) is 9.00 Å². The summed E-state index contributed by atoms with van der Waals surface area (Å²) in [4.78, 5) is 10.9. The molecule has 1 unspecified atom stereocenters. The fourth-order valence-electron chi connectivity index (χ4n) is 0.652. The lowest BCUT2D eigenvalue weighted by molar-refractivity contribution is -0.118. The van der Waals surface area contributed by atoms with Crippen LogP contribution >= 0.6 is 0 Å². The second-order valence-corrected chi connectivity index (χ2v) is 3.94. The Balaban J connectivity index is 3.54. The molecule has 0 aliphatic rings. The minimum Gasteiger partial charge on any atom is -0.342 e. The molecule has 0 aromatic rings. The molecule has 0 aliphatic carbocycles. The van der Waals surface area contributed by atoms with Gasteiger partial charge in [-0.1, -0.05) is 0 Å². The van der Waals surface area contributed by atoms with E-state index >= 15 is 0 Å². The molecule has 0 saturated carbocycles. The summed E-state index contributed by atoms with van der Waals surface area (Å²) in [6.07, 6.45) is 0.651. The van der Waals surface area contributed by atoms with E-state index in [0.29, 0.717) is 18.7 Å². The molecule has 0 radical (unpaired) electrons. The van der Waals surface area contributed by atoms with Gasteiger partial charge < -0.3 is 11.1 Å². The molecule has 0 heterocycles. The highest BCUT2D eigenvalue weighted by Gasteiger charge is 2.05. The number of nitrogens with one attached hydrogen (secondary N) is 1. The van der Waals surface area contributed by atoms with Gasteiger partial charge in [0.1, 0.15) is 12.3 Å². The Morgan fingerprint density at radius 2 is 2.31 bits per heavy atom. The standard InChI is InChI=1S/C7H13N3O2S/c8-2-1-5-13(12)6-7(11)10-4-3-9/h1-2,4-6,8H2,(H,10,11). The average Bonchev–Trinajstić information content (AvgIpc) is 2.11. The van der Waals surface area contributed by atoms with Crippen LogP contribution in [0, 0.1) is 11.3 Å². The monoisotopic (exact) mass is 203 g/mol. The van der Waals surface area contributed by atoms with Gasteiger partial charge in [0.25, 0.3) is 0 Å². The normalized spacial score (nSPS) is 11.7. The molecule has 1 amide bonds. The van der Waals surface area contributed by atoms with Crippen molar-refractivity contribution in [2.45, 2.75) is 6.42 Å². The van der Waals surface area contributed by atoms with E-state index in [1.807, 2.05) is 0 Å². The summed E-state index contributed by atoms with van der Waals surface area (Å²) in [6.45, 7) is 0.443. The highest BCUT2D eigenvalue weighted by Crippen LogP contribution is 1.86. The van der Waals surface area contributed by atoms with Gasteiger partial charge in [0, 0.05) is 16.6 Å². The van der Waals surface area contributed by atoms with E-state index in [1.165, 1.54) is 0 Å². The topological polar surface area (TPSA) is 96.0 Å². The second-order valence-electron chi connectivity index (χ2n) is 2.37. The Kier molecular flexibility index (Phi) is 7.15. The third kappa shape index (κ3) is 7.43. The molecule has 13 heavy (non-hydrogen) atoms. The minimum atomic E-state index is -1.15. The molecule has 0 aromatic carbocycles. The van der Waals surface area contributed by atoms with E-state index < -0.39 is 10.8 Å². The summed E-state index contributed by atoms with van der Waals surface area (Å²) in [6, 6.07) is 1.76. The van der Waals surface area contributed by atoms with Gasteiger partial charge in [-0.05, 0) is 13.0 Å². The van der Waals surface area contributed by atoms with Crippen LogP contribution in [0.25, 0.3) is 0 Å². The van der Waals surface area contributed by atoms with E-state index in [-0.39, 0.29) is 18.2 Å². The van der Waals surface area contributed by atoms with E-state index in [1.54, 1.807) is 6.07 Å². The Morgan fingerprint density at radius 1 is 1.62 bits per heavy atom. The van der Waals surface area contributed by atoms with E-state index in [2.05, 4.69) is 5.32 Å². The van der Waals surface area contributed by atoms with Gasteiger partial charge in [-0.2, -0.15) is 5.26 Å². The summed E-state index contributed by atoms with van der Waals surface area (Å²) >= 11 is 0. The molecule has 6 heteroatoms. The lowest BCUT2D eigenvalue weighted by Gasteiger charge is -2.00. The first-order valence-corrected chi connectivity index (χ1v) is 5.38. The molecular weight excluding hydrogens is 190 g/mol. The number of carbonyl (C=O) groups excluding carboxylic acids is 1. The number of nitriles is 1. The molecule has 0 spiro atoms. The van der Waals surface area contributed by atoms with Crippen molar-refractivity contribution >= 4 is 16.7 Å². The fraction of sp³-hybridized carbons (Fsp3) is 0.714. The highest BCUT2D eigenvalue weighted by atomic mass is 32.2. The van der Waals surface area contributed by atoms with Gasteiger partial charge >= 0.3 is 0 Å². The first kappa shape index (κ1) is 12.1. The van der Waals surface area contributed by atoms with Gasteiger partial charge in [0.2, 0.25) is 5.91 Å². The van der Waals surface area contributed by atoms with Crippen LogP contribution in [0.2, 0.25) is 0 Å². The van der Waals surface area contributed by atoms with Crippen LogP contribution < -0.4 is 11.1 Å². The van der Waals surface area contributed by atoms with Gasteiger partial charge in [-0.15, -0.1) is 0 Å². The van der Waals surface area contributed by atoms with Crippen molar-refractivity contribution in [1.29, 1.82) is 5.26 Å². The molecule has 0 aromatic heterocycles. The predicted molar refractivity (Wildman–Crippen MR) is 50.2 cm³/mol. The van der Waals surface area contributed by atoms with Crippen LogP contribution in [0.1, 0.15) is 6.42 Å². The predicted octanol–water partition coefficient (Wildman–Crippen LogP) is -1.28. The Morgan fingerprint density at radius 3 is 2.85 bits per heavy atom. The summed E-state index contributed by atoms with van der Waals surface area (Å²) in [5.41, 5.74) is 5.21. The van der Waals surface area contributed by atoms with Crippen molar-refractivity contribution in [3.05, 3.63) is 0 Å². The lowest BCUT2D eigenvalue weighted by atomic mass is 10.5. The van der Waals surface area contributed by atoms with Crippen LogP contribution in [0.4, 0.5) is 0 Å². The number of carbonyl (C=O) groups is 1.